The van der Waals surface area contributed by atoms with Gasteiger partial charge in [0.1, 0.15) is 5.82 Å². The van der Waals surface area contributed by atoms with E-state index in [0.717, 1.165) is 41.9 Å². The lowest BCUT2D eigenvalue weighted by Crippen LogP contribution is -2.01. The number of aryl methyl sites for hydroxylation is 1. The number of nitrogens with two attached hydrogens (primary N) is 1. The van der Waals surface area contributed by atoms with E-state index in [1.54, 1.807) is 6.20 Å². The molecule has 0 spiro atoms. The molecule has 2 heterocycles. The van der Waals surface area contributed by atoms with Crippen molar-refractivity contribution in [2.24, 2.45) is 5.73 Å². The van der Waals surface area contributed by atoms with E-state index in [-0.39, 0.29) is 0 Å². The van der Waals surface area contributed by atoms with Crippen LogP contribution in [0.15, 0.2) is 17.0 Å². The summed E-state index contributed by atoms with van der Waals surface area (Å²) in [6.07, 6.45) is 6.55. The van der Waals surface area contributed by atoms with Gasteiger partial charge in [-0.15, -0.1) is 10.2 Å². The summed E-state index contributed by atoms with van der Waals surface area (Å²) in [5.74, 6) is 0.960. The highest BCUT2D eigenvalue weighted by Crippen LogP contribution is 2.13. The molecule has 0 atom stereocenters. The van der Waals surface area contributed by atoms with Crippen molar-refractivity contribution in [3.63, 3.8) is 0 Å². The molecule has 15 heavy (non-hydrogen) atoms. The zero-order valence-electron chi connectivity index (χ0n) is 8.23. The van der Waals surface area contributed by atoms with Crippen LogP contribution in [0.3, 0.4) is 0 Å². The van der Waals surface area contributed by atoms with E-state index < -0.39 is 0 Å². The fourth-order valence-electron chi connectivity index (χ4n) is 1.44. The Morgan fingerprint density at radius 2 is 2.20 bits per heavy atom. The lowest BCUT2D eigenvalue weighted by molar-refractivity contribution is 0.709. The molecule has 2 aromatic rings. The number of unbranched alkanes of at least 4 members (excludes halogenated alkanes) is 1. The predicted octanol–water partition coefficient (Wildman–Crippen LogP) is 1.17. The number of aromatic nitrogens is 4. The Morgan fingerprint density at radius 3 is 3.00 bits per heavy atom. The molecule has 6 heteroatoms. The summed E-state index contributed by atoms with van der Waals surface area (Å²) in [4.78, 5) is 4.09. The highest BCUT2D eigenvalue weighted by atomic mass is 79.9. The van der Waals surface area contributed by atoms with Gasteiger partial charge in [0, 0.05) is 18.8 Å². The van der Waals surface area contributed by atoms with Crippen LogP contribution >= 0.6 is 15.9 Å². The largest absolute Gasteiger partial charge is 0.330 e. The van der Waals surface area contributed by atoms with Gasteiger partial charge < -0.3 is 5.73 Å². The first-order chi connectivity index (χ1) is 7.33. The highest BCUT2D eigenvalue weighted by molar-refractivity contribution is 9.10. The minimum atomic E-state index is 0.724. The quantitative estimate of drug-likeness (QED) is 0.847. The molecule has 0 aliphatic heterocycles. The number of fused-ring (bicyclic) bond motifs is 1. The van der Waals surface area contributed by atoms with Crippen molar-refractivity contribution in [3.8, 4) is 0 Å². The Morgan fingerprint density at radius 1 is 1.33 bits per heavy atom. The average Bonchev–Trinajstić information content (AvgIpc) is 2.64. The van der Waals surface area contributed by atoms with Crippen molar-refractivity contribution in [2.45, 2.75) is 19.3 Å². The topological polar surface area (TPSA) is 69.1 Å². The van der Waals surface area contributed by atoms with Crippen LogP contribution in [-0.4, -0.2) is 26.1 Å². The monoisotopic (exact) mass is 269 g/mol. The third kappa shape index (κ3) is 2.15. The van der Waals surface area contributed by atoms with Crippen LogP contribution < -0.4 is 5.73 Å². The summed E-state index contributed by atoms with van der Waals surface area (Å²) in [6, 6.07) is 0. The fraction of sp³-hybridized carbons (Fsp3) is 0.444. The smallest absolute Gasteiger partial charge is 0.193 e. The third-order valence-electron chi connectivity index (χ3n) is 2.21. The Labute approximate surface area is 95.8 Å². The molecule has 2 rings (SSSR count). The summed E-state index contributed by atoms with van der Waals surface area (Å²) < 4.78 is 2.68. The minimum Gasteiger partial charge on any atom is -0.330 e. The molecule has 0 radical (unpaired) electrons. The van der Waals surface area contributed by atoms with Gasteiger partial charge in [0.2, 0.25) is 0 Å². The Kier molecular flexibility index (Phi) is 3.27. The molecule has 2 aromatic heterocycles. The Balaban J connectivity index is 2.25. The fourth-order valence-corrected chi connectivity index (χ4v) is 1.83. The van der Waals surface area contributed by atoms with Gasteiger partial charge in [0.25, 0.3) is 0 Å². The van der Waals surface area contributed by atoms with E-state index in [9.17, 15) is 0 Å². The zero-order chi connectivity index (χ0) is 10.7. The number of halogens is 1. The zero-order valence-corrected chi connectivity index (χ0v) is 9.81. The second-order valence-electron chi connectivity index (χ2n) is 3.27. The van der Waals surface area contributed by atoms with Crippen LogP contribution in [0.1, 0.15) is 18.7 Å². The van der Waals surface area contributed by atoms with E-state index in [1.165, 1.54) is 0 Å². The van der Waals surface area contributed by atoms with Crippen molar-refractivity contribution < 1.29 is 0 Å². The van der Waals surface area contributed by atoms with Crippen molar-refractivity contribution in [2.75, 3.05) is 6.54 Å². The van der Waals surface area contributed by atoms with Gasteiger partial charge in [-0.05, 0) is 35.3 Å². The van der Waals surface area contributed by atoms with Crippen LogP contribution in [0.5, 0.6) is 0 Å². The van der Waals surface area contributed by atoms with E-state index in [1.807, 2.05) is 10.6 Å². The van der Waals surface area contributed by atoms with Crippen LogP contribution in [0.2, 0.25) is 0 Å². The number of rotatable bonds is 4. The highest BCUT2D eigenvalue weighted by Gasteiger charge is 2.07. The average molecular weight is 270 g/mol. The first-order valence-corrected chi connectivity index (χ1v) is 5.66. The van der Waals surface area contributed by atoms with E-state index in [0.29, 0.717) is 0 Å². The summed E-state index contributed by atoms with van der Waals surface area (Å²) >= 11 is 3.34. The summed E-state index contributed by atoms with van der Waals surface area (Å²) in [7, 11) is 0. The number of hydrogen-bond donors (Lipinski definition) is 1. The second-order valence-corrected chi connectivity index (χ2v) is 4.02. The normalized spacial score (nSPS) is 11.1. The molecule has 0 saturated carbocycles. The van der Waals surface area contributed by atoms with Crippen LogP contribution in [0.4, 0.5) is 0 Å². The van der Waals surface area contributed by atoms with E-state index >= 15 is 0 Å². The summed E-state index contributed by atoms with van der Waals surface area (Å²) in [5.41, 5.74) is 6.21. The van der Waals surface area contributed by atoms with E-state index in [4.69, 9.17) is 5.73 Å². The first kappa shape index (κ1) is 10.5. The molecule has 0 unspecified atom stereocenters. The molecule has 0 amide bonds. The van der Waals surface area contributed by atoms with Crippen molar-refractivity contribution in [1.82, 2.24) is 19.6 Å². The molecule has 0 saturated heterocycles. The third-order valence-corrected chi connectivity index (χ3v) is 2.77. The molecule has 0 aliphatic rings. The van der Waals surface area contributed by atoms with Gasteiger partial charge in [0.15, 0.2) is 10.3 Å². The van der Waals surface area contributed by atoms with Crippen molar-refractivity contribution in [1.29, 1.82) is 0 Å². The molecule has 0 aromatic carbocycles. The molecule has 0 aliphatic carbocycles. The molecule has 5 nitrogen and oxygen atoms in total. The van der Waals surface area contributed by atoms with Crippen LogP contribution in [-0.2, 0) is 6.42 Å². The SMILES string of the molecule is NCCCCc1nnc2c(Br)nccn12. The Hall–Kier alpha value is -1.01. The van der Waals surface area contributed by atoms with Crippen molar-refractivity contribution >= 4 is 21.6 Å². The molecule has 2 N–H and O–H groups in total. The van der Waals surface area contributed by atoms with Crippen LogP contribution in [0.25, 0.3) is 5.65 Å². The molecular formula is C9H12BrN5. The number of hydrogen-bond acceptors (Lipinski definition) is 4. The number of nitrogens with zero attached hydrogens (tertiary/aromatic N) is 4. The second kappa shape index (κ2) is 4.67. The standard InChI is InChI=1S/C9H12BrN5/c10-8-9-14-13-7(3-1-2-4-11)15(9)6-5-12-8/h5-6H,1-4,11H2. The maximum atomic E-state index is 5.44. The van der Waals surface area contributed by atoms with Gasteiger partial charge in [-0.2, -0.15) is 0 Å². The van der Waals surface area contributed by atoms with Gasteiger partial charge in [0.05, 0.1) is 0 Å². The van der Waals surface area contributed by atoms with Gasteiger partial charge in [-0.1, -0.05) is 0 Å². The van der Waals surface area contributed by atoms with Crippen LogP contribution in [0, 0.1) is 0 Å². The minimum absolute atomic E-state index is 0.724. The lowest BCUT2D eigenvalue weighted by atomic mass is 10.2. The predicted molar refractivity (Wildman–Crippen MR) is 60.5 cm³/mol. The van der Waals surface area contributed by atoms with Gasteiger partial charge >= 0.3 is 0 Å². The summed E-state index contributed by atoms with van der Waals surface area (Å²) in [6.45, 7) is 0.724. The maximum absolute atomic E-state index is 5.44. The van der Waals surface area contributed by atoms with Crippen molar-refractivity contribution in [3.05, 3.63) is 22.8 Å². The molecule has 80 valence electrons. The molecule has 0 bridgehead atoms. The first-order valence-electron chi connectivity index (χ1n) is 4.87. The summed E-state index contributed by atoms with van der Waals surface area (Å²) in [5, 5.41) is 8.20. The van der Waals surface area contributed by atoms with Gasteiger partial charge in [-0.25, -0.2) is 4.98 Å². The maximum Gasteiger partial charge on any atom is 0.193 e. The Bertz CT molecular complexity index is 453. The molecular weight excluding hydrogens is 258 g/mol. The van der Waals surface area contributed by atoms with E-state index in [2.05, 4.69) is 31.1 Å². The molecule has 0 fully saturated rings. The van der Waals surface area contributed by atoms with Gasteiger partial charge in [-0.3, -0.25) is 4.40 Å². The lowest BCUT2D eigenvalue weighted by Gasteiger charge is -1.99.